The molecule has 0 bridgehead atoms. The molecule has 186 valence electrons. The number of imide groups is 1. The van der Waals surface area contributed by atoms with Crippen molar-refractivity contribution in [2.24, 2.45) is 5.92 Å². The number of ether oxygens (including phenoxy) is 3. The summed E-state index contributed by atoms with van der Waals surface area (Å²) in [5, 5.41) is 0. The van der Waals surface area contributed by atoms with Gasteiger partial charge in [0.15, 0.2) is 11.5 Å². The van der Waals surface area contributed by atoms with Crippen molar-refractivity contribution in [1.29, 1.82) is 0 Å². The zero-order chi connectivity index (χ0) is 25.3. The molecule has 0 aliphatic carbocycles. The third kappa shape index (κ3) is 6.13. The molecule has 0 aromatic heterocycles. The van der Waals surface area contributed by atoms with Crippen LogP contribution >= 0.6 is 0 Å². The Kier molecular flexibility index (Phi) is 8.40. The number of hydrogen-bond donors (Lipinski definition) is 0. The number of carbonyl (C=O) groups excluding carboxylic acids is 2. The number of carbonyl (C=O) groups is 2. The second-order valence-corrected chi connectivity index (χ2v) is 8.81. The normalized spacial score (nSPS) is 15.8. The number of allylic oxidation sites excluding steroid dienone is 1. The van der Waals surface area contributed by atoms with E-state index in [1.54, 1.807) is 13.2 Å². The van der Waals surface area contributed by atoms with Gasteiger partial charge in [0, 0.05) is 5.92 Å². The minimum Gasteiger partial charge on any atom is -0.493 e. The van der Waals surface area contributed by atoms with Crippen molar-refractivity contribution in [3.05, 3.63) is 108 Å². The van der Waals surface area contributed by atoms with E-state index in [4.69, 9.17) is 14.2 Å². The third-order valence-electron chi connectivity index (χ3n) is 6.26. The molecule has 0 unspecified atom stereocenters. The highest BCUT2D eigenvalue weighted by Gasteiger charge is 2.40. The van der Waals surface area contributed by atoms with Crippen molar-refractivity contribution in [1.82, 2.24) is 4.90 Å². The molecule has 0 N–H and O–H groups in total. The van der Waals surface area contributed by atoms with Gasteiger partial charge in [-0.2, -0.15) is 0 Å². The monoisotopic (exact) mass is 485 g/mol. The molecule has 1 heterocycles. The van der Waals surface area contributed by atoms with Crippen molar-refractivity contribution in [2.45, 2.75) is 31.9 Å². The average molecular weight is 486 g/mol. The maximum Gasteiger partial charge on any atom is 0.416 e. The molecule has 1 aliphatic rings. The molecule has 1 fully saturated rings. The Morgan fingerprint density at radius 3 is 2.39 bits per heavy atom. The van der Waals surface area contributed by atoms with Gasteiger partial charge in [-0.05, 0) is 48.1 Å². The van der Waals surface area contributed by atoms with Gasteiger partial charge < -0.3 is 14.2 Å². The van der Waals surface area contributed by atoms with Gasteiger partial charge in [-0.25, -0.2) is 9.69 Å². The summed E-state index contributed by atoms with van der Waals surface area (Å²) in [6, 6.07) is 25.0. The summed E-state index contributed by atoms with van der Waals surface area (Å²) >= 11 is 0. The number of hydrogen-bond acceptors (Lipinski definition) is 5. The first-order chi connectivity index (χ1) is 17.6. The molecule has 6 nitrogen and oxygen atoms in total. The fourth-order valence-corrected chi connectivity index (χ4v) is 4.41. The summed E-state index contributed by atoms with van der Waals surface area (Å²) in [6.07, 6.45) is 2.56. The van der Waals surface area contributed by atoms with E-state index < -0.39 is 12.0 Å². The Balaban J connectivity index is 1.47. The molecule has 0 radical (unpaired) electrons. The summed E-state index contributed by atoms with van der Waals surface area (Å²) in [5.74, 6) is 0.521. The van der Waals surface area contributed by atoms with Crippen LogP contribution in [0.5, 0.6) is 11.5 Å². The highest BCUT2D eigenvalue weighted by Crippen LogP contribution is 2.31. The van der Waals surface area contributed by atoms with Crippen LogP contribution in [0.2, 0.25) is 0 Å². The SMILES string of the molecule is C=CC[C@H](Cc1ccc(OCc2ccccc2)c(OC)c1)C(=O)N1C(=O)OC[C@H]1Cc1ccccc1. The first kappa shape index (κ1) is 25.0. The van der Waals surface area contributed by atoms with Crippen molar-refractivity contribution in [3.8, 4) is 11.5 Å². The predicted octanol–water partition coefficient (Wildman–Crippen LogP) is 5.60. The summed E-state index contributed by atoms with van der Waals surface area (Å²) in [4.78, 5) is 27.4. The maximum absolute atomic E-state index is 13.6. The van der Waals surface area contributed by atoms with Crippen molar-refractivity contribution >= 4 is 12.0 Å². The number of cyclic esters (lactones) is 1. The van der Waals surface area contributed by atoms with E-state index >= 15 is 0 Å². The molecule has 6 heteroatoms. The van der Waals surface area contributed by atoms with Crippen molar-refractivity contribution < 1.29 is 23.8 Å². The summed E-state index contributed by atoms with van der Waals surface area (Å²) < 4.78 is 16.8. The molecule has 2 atom stereocenters. The van der Waals surface area contributed by atoms with Gasteiger partial charge in [0.25, 0.3) is 0 Å². The quantitative estimate of drug-likeness (QED) is 0.331. The lowest BCUT2D eigenvalue weighted by molar-refractivity contribution is -0.133. The maximum atomic E-state index is 13.6. The molecule has 3 aromatic rings. The van der Waals surface area contributed by atoms with E-state index in [9.17, 15) is 9.59 Å². The van der Waals surface area contributed by atoms with Crippen LogP contribution in [0.3, 0.4) is 0 Å². The van der Waals surface area contributed by atoms with E-state index in [2.05, 4.69) is 6.58 Å². The Bertz CT molecular complexity index is 1180. The smallest absolute Gasteiger partial charge is 0.416 e. The Morgan fingerprint density at radius 2 is 1.72 bits per heavy atom. The van der Waals surface area contributed by atoms with Crippen LogP contribution in [0.4, 0.5) is 4.79 Å². The lowest BCUT2D eigenvalue weighted by atomic mass is 9.93. The van der Waals surface area contributed by atoms with Gasteiger partial charge in [-0.3, -0.25) is 4.79 Å². The van der Waals surface area contributed by atoms with Crippen LogP contribution in [0.25, 0.3) is 0 Å². The lowest BCUT2D eigenvalue weighted by Crippen LogP contribution is -2.44. The highest BCUT2D eigenvalue weighted by atomic mass is 16.6. The molecule has 0 saturated carbocycles. The second-order valence-electron chi connectivity index (χ2n) is 8.81. The molecule has 0 spiro atoms. The molecule has 1 saturated heterocycles. The van der Waals surface area contributed by atoms with E-state index in [1.807, 2.05) is 78.9 Å². The van der Waals surface area contributed by atoms with E-state index in [-0.39, 0.29) is 18.6 Å². The molecule has 4 rings (SSSR count). The standard InChI is InChI=1S/C30H31NO5/c1-3-10-25(29(32)31-26(21-36-30(31)33)18-22-11-6-4-7-12-22)17-24-15-16-27(28(19-24)34-2)35-20-23-13-8-5-9-14-23/h3-9,11-16,19,25-26H,1,10,17-18,20-21H2,2H3/t25-,26-/m1/s1. The van der Waals surface area contributed by atoms with Crippen LogP contribution < -0.4 is 9.47 Å². The molecule has 2 amide bonds. The fourth-order valence-electron chi connectivity index (χ4n) is 4.41. The molecular weight excluding hydrogens is 454 g/mol. The van der Waals surface area contributed by atoms with Crippen molar-refractivity contribution in [2.75, 3.05) is 13.7 Å². The van der Waals surface area contributed by atoms with Crippen molar-refractivity contribution in [3.63, 3.8) is 0 Å². The first-order valence-electron chi connectivity index (χ1n) is 12.1. The Hall–Kier alpha value is -4.06. The predicted molar refractivity (Wildman–Crippen MR) is 138 cm³/mol. The van der Waals surface area contributed by atoms with E-state index in [0.717, 1.165) is 16.7 Å². The van der Waals surface area contributed by atoms with Crippen LogP contribution in [0.1, 0.15) is 23.1 Å². The topological polar surface area (TPSA) is 65.1 Å². The molecule has 36 heavy (non-hydrogen) atoms. The lowest BCUT2D eigenvalue weighted by Gasteiger charge is -2.25. The average Bonchev–Trinajstić information content (AvgIpc) is 3.27. The summed E-state index contributed by atoms with van der Waals surface area (Å²) in [6.45, 7) is 4.45. The number of amides is 2. The number of methoxy groups -OCH3 is 1. The zero-order valence-electron chi connectivity index (χ0n) is 20.5. The Morgan fingerprint density at radius 1 is 1.03 bits per heavy atom. The van der Waals surface area contributed by atoms with E-state index in [1.165, 1.54) is 4.90 Å². The molecule has 3 aromatic carbocycles. The van der Waals surface area contributed by atoms with Crippen LogP contribution in [-0.2, 0) is 29.0 Å². The highest BCUT2D eigenvalue weighted by molar-refractivity contribution is 5.95. The Labute approximate surface area is 212 Å². The third-order valence-corrected chi connectivity index (χ3v) is 6.26. The molecule has 1 aliphatic heterocycles. The number of benzene rings is 3. The largest absolute Gasteiger partial charge is 0.493 e. The van der Waals surface area contributed by atoms with Gasteiger partial charge in [0.1, 0.15) is 13.2 Å². The van der Waals surface area contributed by atoms with Crippen LogP contribution in [0.15, 0.2) is 91.5 Å². The van der Waals surface area contributed by atoms with Gasteiger partial charge in [-0.15, -0.1) is 6.58 Å². The van der Waals surface area contributed by atoms with Gasteiger partial charge in [0.05, 0.1) is 13.2 Å². The van der Waals surface area contributed by atoms with Gasteiger partial charge in [-0.1, -0.05) is 72.8 Å². The van der Waals surface area contributed by atoms with Crippen LogP contribution in [-0.4, -0.2) is 36.7 Å². The summed E-state index contributed by atoms with van der Waals surface area (Å²) in [5.41, 5.74) is 3.02. The van der Waals surface area contributed by atoms with Crippen LogP contribution in [0, 0.1) is 5.92 Å². The fraction of sp³-hybridized carbons (Fsp3) is 0.267. The minimum atomic E-state index is -0.586. The van der Waals surface area contributed by atoms with Gasteiger partial charge >= 0.3 is 6.09 Å². The summed E-state index contributed by atoms with van der Waals surface area (Å²) in [7, 11) is 1.59. The molecular formula is C30H31NO5. The first-order valence-corrected chi connectivity index (χ1v) is 12.1. The minimum absolute atomic E-state index is 0.196. The zero-order valence-corrected chi connectivity index (χ0v) is 20.5. The van der Waals surface area contributed by atoms with Gasteiger partial charge in [0.2, 0.25) is 5.91 Å². The second kappa shape index (κ2) is 12.1. The number of nitrogens with zero attached hydrogens (tertiary/aromatic N) is 1. The number of rotatable bonds is 11. The van der Waals surface area contributed by atoms with E-state index in [0.29, 0.717) is 37.4 Å².